The Morgan fingerprint density at radius 1 is 1.47 bits per heavy atom. The Morgan fingerprint density at radius 3 is 2.67 bits per heavy atom. The second kappa shape index (κ2) is 3.93. The van der Waals surface area contributed by atoms with Gasteiger partial charge in [-0.05, 0) is 52.4 Å². The standard InChI is InChI=1S/C11H10BrFO2/c12-9-2-1-6(5-10(9)13)7-3-8(4-7)11(14)15/h1-2,5,7-8H,3-4H2,(H,14,15). The van der Waals surface area contributed by atoms with Gasteiger partial charge in [0.05, 0.1) is 10.4 Å². The number of rotatable bonds is 2. The maximum Gasteiger partial charge on any atom is 0.306 e. The maximum atomic E-state index is 13.2. The van der Waals surface area contributed by atoms with E-state index in [0.29, 0.717) is 17.3 Å². The van der Waals surface area contributed by atoms with Crippen molar-refractivity contribution in [1.29, 1.82) is 0 Å². The second-order valence-electron chi connectivity index (χ2n) is 3.88. The van der Waals surface area contributed by atoms with Crippen molar-refractivity contribution in [3.8, 4) is 0 Å². The van der Waals surface area contributed by atoms with Crippen LogP contribution in [-0.4, -0.2) is 11.1 Å². The molecular formula is C11H10BrFO2. The lowest BCUT2D eigenvalue weighted by Gasteiger charge is -2.32. The monoisotopic (exact) mass is 272 g/mol. The minimum Gasteiger partial charge on any atom is -0.481 e. The third-order valence-corrected chi connectivity index (χ3v) is 3.55. The minimum absolute atomic E-state index is 0.202. The summed E-state index contributed by atoms with van der Waals surface area (Å²) in [5, 5.41) is 8.72. The summed E-state index contributed by atoms with van der Waals surface area (Å²) in [5.41, 5.74) is 0.896. The van der Waals surface area contributed by atoms with Crippen molar-refractivity contribution < 1.29 is 14.3 Å². The maximum absolute atomic E-state index is 13.2. The van der Waals surface area contributed by atoms with Gasteiger partial charge in [-0.15, -0.1) is 0 Å². The van der Waals surface area contributed by atoms with E-state index in [4.69, 9.17) is 5.11 Å². The second-order valence-corrected chi connectivity index (χ2v) is 4.73. The number of carbonyl (C=O) groups is 1. The molecule has 2 rings (SSSR count). The Hall–Kier alpha value is -0.900. The first-order valence-electron chi connectivity index (χ1n) is 4.75. The predicted octanol–water partition coefficient (Wildman–Crippen LogP) is 3.17. The van der Waals surface area contributed by atoms with Gasteiger partial charge in [-0.25, -0.2) is 4.39 Å². The quantitative estimate of drug-likeness (QED) is 0.898. The molecule has 0 radical (unpaired) electrons. The van der Waals surface area contributed by atoms with Crippen molar-refractivity contribution in [2.45, 2.75) is 18.8 Å². The van der Waals surface area contributed by atoms with E-state index < -0.39 is 5.97 Å². The molecule has 0 amide bonds. The average molecular weight is 273 g/mol. The largest absolute Gasteiger partial charge is 0.481 e. The van der Waals surface area contributed by atoms with E-state index in [1.165, 1.54) is 6.07 Å². The van der Waals surface area contributed by atoms with Gasteiger partial charge in [-0.2, -0.15) is 0 Å². The molecule has 0 aliphatic heterocycles. The number of benzene rings is 1. The summed E-state index contributed by atoms with van der Waals surface area (Å²) in [5.74, 6) is -1.08. The predicted molar refractivity (Wildman–Crippen MR) is 57.2 cm³/mol. The van der Waals surface area contributed by atoms with Crippen molar-refractivity contribution in [2.75, 3.05) is 0 Å². The van der Waals surface area contributed by atoms with Crippen LogP contribution in [0.2, 0.25) is 0 Å². The molecule has 0 unspecified atom stereocenters. The SMILES string of the molecule is O=C(O)C1CC(c2ccc(Br)c(F)c2)C1. The Kier molecular flexibility index (Phi) is 2.78. The highest BCUT2D eigenvalue weighted by Crippen LogP contribution is 2.42. The Morgan fingerprint density at radius 2 is 2.13 bits per heavy atom. The topological polar surface area (TPSA) is 37.3 Å². The molecule has 0 atom stereocenters. The van der Waals surface area contributed by atoms with Crippen LogP contribution >= 0.6 is 15.9 Å². The van der Waals surface area contributed by atoms with Crippen LogP contribution in [-0.2, 0) is 4.79 Å². The average Bonchev–Trinajstić information content (AvgIpc) is 2.08. The van der Waals surface area contributed by atoms with Gasteiger partial charge in [-0.3, -0.25) is 4.79 Å². The highest BCUT2D eigenvalue weighted by Gasteiger charge is 2.35. The third kappa shape index (κ3) is 2.04. The van der Waals surface area contributed by atoms with E-state index in [0.717, 1.165) is 5.56 Å². The molecule has 1 N–H and O–H groups in total. The molecule has 1 fully saturated rings. The van der Waals surface area contributed by atoms with Crippen LogP contribution in [0.1, 0.15) is 24.3 Å². The van der Waals surface area contributed by atoms with E-state index >= 15 is 0 Å². The highest BCUT2D eigenvalue weighted by atomic mass is 79.9. The Balaban J connectivity index is 2.07. The van der Waals surface area contributed by atoms with Gasteiger partial charge in [0.15, 0.2) is 0 Å². The van der Waals surface area contributed by atoms with Gasteiger partial charge in [0.25, 0.3) is 0 Å². The van der Waals surface area contributed by atoms with Crippen LogP contribution in [0.5, 0.6) is 0 Å². The summed E-state index contributed by atoms with van der Waals surface area (Å²) in [6.45, 7) is 0. The van der Waals surface area contributed by atoms with Crippen molar-refractivity contribution >= 4 is 21.9 Å². The van der Waals surface area contributed by atoms with Gasteiger partial charge in [0.2, 0.25) is 0 Å². The van der Waals surface area contributed by atoms with E-state index in [1.807, 2.05) is 6.07 Å². The first kappa shape index (κ1) is 10.6. The van der Waals surface area contributed by atoms with Crippen molar-refractivity contribution in [3.63, 3.8) is 0 Å². The summed E-state index contributed by atoms with van der Waals surface area (Å²) in [6.07, 6.45) is 1.24. The zero-order chi connectivity index (χ0) is 11.0. The zero-order valence-electron chi connectivity index (χ0n) is 7.91. The highest BCUT2D eigenvalue weighted by molar-refractivity contribution is 9.10. The van der Waals surface area contributed by atoms with Crippen LogP contribution in [0.25, 0.3) is 0 Å². The van der Waals surface area contributed by atoms with Crippen LogP contribution in [0.3, 0.4) is 0 Å². The van der Waals surface area contributed by atoms with E-state index in [9.17, 15) is 9.18 Å². The molecule has 1 aliphatic carbocycles. The van der Waals surface area contributed by atoms with Gasteiger partial charge in [0, 0.05) is 0 Å². The molecule has 1 aliphatic rings. The molecule has 0 bridgehead atoms. The smallest absolute Gasteiger partial charge is 0.306 e. The van der Waals surface area contributed by atoms with Gasteiger partial charge in [-0.1, -0.05) is 6.07 Å². The Bertz CT molecular complexity index is 400. The molecule has 4 heteroatoms. The fourth-order valence-corrected chi connectivity index (χ4v) is 2.10. The van der Waals surface area contributed by atoms with Gasteiger partial charge >= 0.3 is 5.97 Å². The number of hydrogen-bond donors (Lipinski definition) is 1. The molecule has 0 saturated heterocycles. The summed E-state index contributed by atoms with van der Waals surface area (Å²) < 4.78 is 13.6. The molecule has 80 valence electrons. The van der Waals surface area contributed by atoms with E-state index in [-0.39, 0.29) is 17.7 Å². The molecular weight excluding hydrogens is 263 g/mol. The summed E-state index contributed by atoms with van der Waals surface area (Å²) >= 11 is 3.08. The number of carboxylic acids is 1. The van der Waals surface area contributed by atoms with Crippen molar-refractivity contribution in [3.05, 3.63) is 34.1 Å². The Labute approximate surface area is 95.2 Å². The van der Waals surface area contributed by atoms with Crippen molar-refractivity contribution in [2.24, 2.45) is 5.92 Å². The van der Waals surface area contributed by atoms with Crippen LogP contribution in [0, 0.1) is 11.7 Å². The molecule has 1 aromatic carbocycles. The summed E-state index contributed by atoms with van der Waals surface area (Å²) in [7, 11) is 0. The number of hydrogen-bond acceptors (Lipinski definition) is 1. The number of halogens is 2. The normalized spacial score (nSPS) is 24.7. The van der Waals surface area contributed by atoms with Crippen LogP contribution in [0.15, 0.2) is 22.7 Å². The van der Waals surface area contributed by atoms with Gasteiger partial charge < -0.3 is 5.11 Å². The molecule has 1 aromatic rings. The fraction of sp³-hybridized carbons (Fsp3) is 0.364. The van der Waals surface area contributed by atoms with Crippen molar-refractivity contribution in [1.82, 2.24) is 0 Å². The summed E-state index contributed by atoms with van der Waals surface area (Å²) in [4.78, 5) is 10.6. The fourth-order valence-electron chi connectivity index (χ4n) is 1.86. The summed E-state index contributed by atoms with van der Waals surface area (Å²) in [6, 6.07) is 4.99. The molecule has 0 heterocycles. The molecule has 0 spiro atoms. The van der Waals surface area contributed by atoms with Crippen LogP contribution < -0.4 is 0 Å². The molecule has 0 aromatic heterocycles. The molecule has 1 saturated carbocycles. The number of aliphatic carboxylic acids is 1. The minimum atomic E-state index is -0.746. The van der Waals surface area contributed by atoms with Gasteiger partial charge in [0.1, 0.15) is 5.82 Å². The molecule has 2 nitrogen and oxygen atoms in total. The first-order chi connectivity index (χ1) is 7.08. The zero-order valence-corrected chi connectivity index (χ0v) is 9.50. The lowest BCUT2D eigenvalue weighted by molar-refractivity contribution is -0.145. The lowest BCUT2D eigenvalue weighted by atomic mass is 9.71. The third-order valence-electron chi connectivity index (χ3n) is 2.90. The molecule has 15 heavy (non-hydrogen) atoms. The number of carboxylic acid groups (broad SMARTS) is 1. The van der Waals surface area contributed by atoms with E-state index in [1.54, 1.807) is 6.07 Å². The van der Waals surface area contributed by atoms with Crippen LogP contribution in [0.4, 0.5) is 4.39 Å². The first-order valence-corrected chi connectivity index (χ1v) is 5.55. The lowest BCUT2D eigenvalue weighted by Crippen LogP contribution is -2.28. The van der Waals surface area contributed by atoms with E-state index in [2.05, 4.69) is 15.9 Å².